The van der Waals surface area contributed by atoms with Crippen LogP contribution in [0.2, 0.25) is 19.6 Å². The van der Waals surface area contributed by atoms with E-state index >= 15 is 0 Å². The van der Waals surface area contributed by atoms with Gasteiger partial charge in [0, 0.05) is 5.73 Å². The van der Waals surface area contributed by atoms with Crippen molar-refractivity contribution in [3.05, 3.63) is 0 Å². The van der Waals surface area contributed by atoms with Gasteiger partial charge in [-0.25, -0.2) is 0 Å². The third-order valence-electron chi connectivity index (χ3n) is 2.20. The van der Waals surface area contributed by atoms with Gasteiger partial charge in [-0.1, -0.05) is 19.6 Å². The van der Waals surface area contributed by atoms with Gasteiger partial charge in [-0.15, -0.1) is 0 Å². The largest absolute Gasteiger partial charge is 0.379 e. The van der Waals surface area contributed by atoms with Crippen molar-refractivity contribution in [3.63, 3.8) is 0 Å². The maximum Gasteiger partial charge on any atom is 0.0785 e. The molecule has 0 aromatic carbocycles. The van der Waals surface area contributed by atoms with E-state index in [2.05, 4.69) is 26.6 Å². The third kappa shape index (κ3) is 1.83. The van der Waals surface area contributed by atoms with E-state index in [0.29, 0.717) is 11.8 Å². The van der Waals surface area contributed by atoms with Crippen molar-refractivity contribution in [2.75, 3.05) is 0 Å². The minimum absolute atomic E-state index is 0.525. The summed E-state index contributed by atoms with van der Waals surface area (Å²) in [6.07, 6.45) is 3.10. The number of ether oxygens (including phenoxy) is 1. The Morgan fingerprint density at radius 3 is 2.00 bits per heavy atom. The zero-order valence-electron chi connectivity index (χ0n) is 7.48. The molecule has 10 heavy (non-hydrogen) atoms. The first-order valence-corrected chi connectivity index (χ1v) is 7.73. The molecule has 0 aromatic rings. The molecular formula is C8H18OSi. The Labute approximate surface area is 64.8 Å². The molecule has 1 heterocycles. The van der Waals surface area contributed by atoms with Crippen LogP contribution in [0.4, 0.5) is 0 Å². The van der Waals surface area contributed by atoms with Crippen LogP contribution in [0.5, 0.6) is 0 Å². The molecule has 1 nitrogen and oxygen atoms in total. The summed E-state index contributed by atoms with van der Waals surface area (Å²) in [6, 6.07) is 0. The van der Waals surface area contributed by atoms with Crippen LogP contribution in [-0.2, 0) is 4.74 Å². The SMILES string of the molecule is CC1CCC([Si](C)(C)C)O1. The van der Waals surface area contributed by atoms with Gasteiger partial charge in [0.1, 0.15) is 0 Å². The molecule has 0 N–H and O–H groups in total. The van der Waals surface area contributed by atoms with Crippen molar-refractivity contribution >= 4 is 8.07 Å². The first kappa shape index (κ1) is 8.28. The quantitative estimate of drug-likeness (QED) is 0.533. The summed E-state index contributed by atoms with van der Waals surface area (Å²) < 4.78 is 5.79. The van der Waals surface area contributed by atoms with E-state index in [-0.39, 0.29) is 0 Å². The van der Waals surface area contributed by atoms with Gasteiger partial charge in [0.2, 0.25) is 0 Å². The van der Waals surface area contributed by atoms with Crippen LogP contribution in [0.25, 0.3) is 0 Å². The number of hydrogen-bond acceptors (Lipinski definition) is 1. The lowest BCUT2D eigenvalue weighted by atomic mass is 10.3. The highest BCUT2D eigenvalue weighted by atomic mass is 28.3. The van der Waals surface area contributed by atoms with E-state index in [4.69, 9.17) is 4.74 Å². The Morgan fingerprint density at radius 1 is 1.20 bits per heavy atom. The predicted octanol–water partition coefficient (Wildman–Crippen LogP) is 2.43. The summed E-state index contributed by atoms with van der Waals surface area (Å²) in [6.45, 7) is 9.33. The highest BCUT2D eigenvalue weighted by Gasteiger charge is 2.33. The summed E-state index contributed by atoms with van der Waals surface area (Å²) in [5.74, 6) is 0. The fourth-order valence-corrected chi connectivity index (χ4v) is 3.11. The lowest BCUT2D eigenvalue weighted by molar-refractivity contribution is 0.0951. The van der Waals surface area contributed by atoms with Gasteiger partial charge in [-0.2, -0.15) is 0 Å². The zero-order valence-corrected chi connectivity index (χ0v) is 8.48. The molecule has 0 aromatic heterocycles. The molecule has 0 aliphatic carbocycles. The third-order valence-corrected chi connectivity index (χ3v) is 4.55. The van der Waals surface area contributed by atoms with E-state index in [1.807, 2.05) is 0 Å². The molecule has 60 valence electrons. The van der Waals surface area contributed by atoms with Crippen LogP contribution in [-0.4, -0.2) is 19.9 Å². The van der Waals surface area contributed by atoms with Gasteiger partial charge < -0.3 is 4.74 Å². The molecule has 0 radical (unpaired) electrons. The van der Waals surface area contributed by atoms with Gasteiger partial charge in [0.05, 0.1) is 14.2 Å². The summed E-state index contributed by atoms with van der Waals surface area (Å²) in [5.41, 5.74) is 0.627. The molecule has 1 aliphatic heterocycles. The van der Waals surface area contributed by atoms with Crippen molar-refractivity contribution in [1.82, 2.24) is 0 Å². The Balaban J connectivity index is 2.45. The summed E-state index contributed by atoms with van der Waals surface area (Å²) >= 11 is 0. The van der Waals surface area contributed by atoms with Crippen LogP contribution in [0.1, 0.15) is 19.8 Å². The Bertz CT molecular complexity index is 117. The van der Waals surface area contributed by atoms with Crippen molar-refractivity contribution in [3.8, 4) is 0 Å². The summed E-state index contributed by atoms with van der Waals surface area (Å²) in [4.78, 5) is 0. The molecule has 0 bridgehead atoms. The van der Waals surface area contributed by atoms with E-state index in [9.17, 15) is 0 Å². The molecule has 1 aliphatic rings. The summed E-state index contributed by atoms with van der Waals surface area (Å²) in [7, 11) is -0.988. The molecule has 2 atom stereocenters. The van der Waals surface area contributed by atoms with Crippen molar-refractivity contribution in [2.24, 2.45) is 0 Å². The Morgan fingerprint density at radius 2 is 1.80 bits per heavy atom. The van der Waals surface area contributed by atoms with E-state index in [1.54, 1.807) is 0 Å². The Hall–Kier alpha value is 0.177. The molecule has 1 fully saturated rings. The monoisotopic (exact) mass is 158 g/mol. The van der Waals surface area contributed by atoms with Gasteiger partial charge in [0.25, 0.3) is 0 Å². The molecule has 0 spiro atoms. The predicted molar refractivity (Wildman–Crippen MR) is 46.9 cm³/mol. The van der Waals surface area contributed by atoms with Crippen molar-refractivity contribution < 1.29 is 4.74 Å². The van der Waals surface area contributed by atoms with Crippen LogP contribution < -0.4 is 0 Å². The molecule has 2 heteroatoms. The second-order valence-corrected chi connectivity index (χ2v) is 9.75. The standard InChI is InChI=1S/C8H18OSi/c1-7-5-6-8(9-7)10(2,3)4/h7-8H,5-6H2,1-4H3. The van der Waals surface area contributed by atoms with Gasteiger partial charge >= 0.3 is 0 Å². The molecule has 0 saturated carbocycles. The average molecular weight is 158 g/mol. The first-order chi connectivity index (χ1) is 4.50. The minimum atomic E-state index is -0.988. The topological polar surface area (TPSA) is 9.23 Å². The van der Waals surface area contributed by atoms with Crippen LogP contribution in [0, 0.1) is 0 Å². The van der Waals surface area contributed by atoms with E-state index < -0.39 is 8.07 Å². The van der Waals surface area contributed by atoms with E-state index in [0.717, 1.165) is 0 Å². The molecule has 1 saturated heterocycles. The average Bonchev–Trinajstić information content (AvgIpc) is 2.11. The van der Waals surface area contributed by atoms with Crippen LogP contribution >= 0.6 is 0 Å². The maximum atomic E-state index is 5.79. The fourth-order valence-electron chi connectivity index (χ4n) is 1.44. The molecular weight excluding hydrogens is 140 g/mol. The van der Waals surface area contributed by atoms with Crippen LogP contribution in [0.3, 0.4) is 0 Å². The van der Waals surface area contributed by atoms with Gasteiger partial charge in [0.15, 0.2) is 0 Å². The molecule has 2 unspecified atom stereocenters. The van der Waals surface area contributed by atoms with Crippen LogP contribution in [0.15, 0.2) is 0 Å². The van der Waals surface area contributed by atoms with E-state index in [1.165, 1.54) is 12.8 Å². The second kappa shape index (κ2) is 2.66. The lowest BCUT2D eigenvalue weighted by Gasteiger charge is -2.24. The number of hydrogen-bond donors (Lipinski definition) is 0. The fraction of sp³-hybridized carbons (Fsp3) is 1.00. The highest BCUT2D eigenvalue weighted by Crippen LogP contribution is 2.26. The maximum absolute atomic E-state index is 5.79. The van der Waals surface area contributed by atoms with Gasteiger partial charge in [-0.3, -0.25) is 0 Å². The summed E-state index contributed by atoms with van der Waals surface area (Å²) in [5, 5.41) is 0. The number of rotatable bonds is 1. The first-order valence-electron chi connectivity index (χ1n) is 4.15. The van der Waals surface area contributed by atoms with Crippen molar-refractivity contribution in [2.45, 2.75) is 51.2 Å². The lowest BCUT2D eigenvalue weighted by Crippen LogP contribution is -2.37. The Kier molecular flexibility index (Phi) is 2.20. The second-order valence-electron chi connectivity index (χ2n) is 4.38. The highest BCUT2D eigenvalue weighted by molar-refractivity contribution is 6.77. The molecule has 1 rings (SSSR count). The van der Waals surface area contributed by atoms with Crippen molar-refractivity contribution in [1.29, 1.82) is 0 Å². The minimum Gasteiger partial charge on any atom is -0.379 e. The van der Waals surface area contributed by atoms with Gasteiger partial charge in [-0.05, 0) is 19.8 Å². The molecule has 0 amide bonds. The normalized spacial score (nSPS) is 34.8. The zero-order chi connectivity index (χ0) is 7.78. The smallest absolute Gasteiger partial charge is 0.0785 e.